The van der Waals surface area contributed by atoms with Gasteiger partial charge in [-0.05, 0) is 50.4 Å². The highest BCUT2D eigenvalue weighted by Gasteiger charge is 2.31. The number of aromatic nitrogens is 3. The van der Waals surface area contributed by atoms with Crippen LogP contribution in [-0.2, 0) is 6.54 Å². The molecule has 152 valence electrons. The molecule has 1 saturated heterocycles. The molecule has 2 N–H and O–H groups in total. The van der Waals surface area contributed by atoms with Crippen molar-refractivity contribution in [2.75, 3.05) is 11.9 Å². The normalized spacial score (nSPS) is 20.6. The first-order valence-electron chi connectivity index (χ1n) is 10.4. The number of likely N-dealkylation sites (tertiary alicyclic amines) is 1. The molecule has 1 aliphatic heterocycles. The summed E-state index contributed by atoms with van der Waals surface area (Å²) >= 11 is 0. The van der Waals surface area contributed by atoms with Gasteiger partial charge in [-0.2, -0.15) is 5.10 Å². The van der Waals surface area contributed by atoms with Crippen LogP contribution in [0.25, 0.3) is 11.0 Å². The number of para-hydroxylation sites is 1. The Morgan fingerprint density at radius 2 is 2.07 bits per heavy atom. The van der Waals surface area contributed by atoms with Crippen LogP contribution in [0.15, 0.2) is 54.6 Å². The number of aromatic amines is 1. The van der Waals surface area contributed by atoms with E-state index in [0.29, 0.717) is 23.2 Å². The van der Waals surface area contributed by atoms with Gasteiger partial charge >= 0.3 is 0 Å². The van der Waals surface area contributed by atoms with Gasteiger partial charge in [-0.25, -0.2) is 4.98 Å². The van der Waals surface area contributed by atoms with E-state index in [1.54, 1.807) is 0 Å². The lowest BCUT2D eigenvalue weighted by Crippen LogP contribution is -2.31. The molecule has 2 aliphatic rings. The van der Waals surface area contributed by atoms with Crippen LogP contribution in [0, 0.1) is 19.8 Å². The monoisotopic (exact) mass is 399 g/mol. The third-order valence-corrected chi connectivity index (χ3v) is 6.11. The number of hydrogen-bond acceptors (Lipinski definition) is 4. The molecular weight excluding hydrogens is 374 g/mol. The standard InChI is InChI=1S/C24H25N5O/c1-15-13-19(22-16(2)27-28-23(22)25-15)24(30)26-20-9-5-3-8-18(20)14-29-12-11-17-7-4-6-10-21(17)29/h3-10,13,17,21H,11-12,14H2,1-2H3,(H,26,30)(H,25,27,28). The first-order valence-corrected chi connectivity index (χ1v) is 10.4. The molecule has 2 unspecified atom stereocenters. The summed E-state index contributed by atoms with van der Waals surface area (Å²) < 4.78 is 0. The summed E-state index contributed by atoms with van der Waals surface area (Å²) in [4.78, 5) is 20.2. The van der Waals surface area contributed by atoms with Crippen LogP contribution in [0.1, 0.15) is 33.7 Å². The molecule has 0 radical (unpaired) electrons. The summed E-state index contributed by atoms with van der Waals surface area (Å²) in [6.07, 6.45) is 10.1. The minimum Gasteiger partial charge on any atom is -0.322 e. The molecule has 3 heterocycles. The summed E-state index contributed by atoms with van der Waals surface area (Å²) in [7, 11) is 0. The number of fused-ring (bicyclic) bond motifs is 2. The highest BCUT2D eigenvalue weighted by Crippen LogP contribution is 2.31. The number of H-pyrrole nitrogens is 1. The Kier molecular flexibility index (Phi) is 4.71. The van der Waals surface area contributed by atoms with Gasteiger partial charge in [0.25, 0.3) is 5.91 Å². The number of carbonyl (C=O) groups excluding carboxylic acids is 1. The molecule has 5 rings (SSSR count). The molecule has 1 amide bonds. The van der Waals surface area contributed by atoms with Crippen LogP contribution in [0.2, 0.25) is 0 Å². The van der Waals surface area contributed by atoms with Crippen molar-refractivity contribution in [3.63, 3.8) is 0 Å². The zero-order chi connectivity index (χ0) is 20.7. The molecule has 2 atom stereocenters. The van der Waals surface area contributed by atoms with Crippen LogP contribution in [0.4, 0.5) is 5.69 Å². The number of amides is 1. The largest absolute Gasteiger partial charge is 0.322 e. The van der Waals surface area contributed by atoms with Gasteiger partial charge in [0.05, 0.1) is 16.6 Å². The second-order valence-electron chi connectivity index (χ2n) is 8.14. The fraction of sp³-hybridized carbons (Fsp3) is 0.292. The number of nitrogens with one attached hydrogen (secondary N) is 2. The lowest BCUT2D eigenvalue weighted by atomic mass is 9.96. The van der Waals surface area contributed by atoms with Gasteiger partial charge in [0.15, 0.2) is 5.65 Å². The Bertz CT molecular complexity index is 1180. The van der Waals surface area contributed by atoms with Crippen molar-refractivity contribution < 1.29 is 4.79 Å². The molecule has 3 aromatic rings. The molecule has 1 aliphatic carbocycles. The summed E-state index contributed by atoms with van der Waals surface area (Å²) in [5, 5.41) is 11.1. The van der Waals surface area contributed by atoms with Crippen LogP contribution in [0.3, 0.4) is 0 Å². The second-order valence-corrected chi connectivity index (χ2v) is 8.14. The fourth-order valence-corrected chi connectivity index (χ4v) is 4.63. The van der Waals surface area contributed by atoms with Gasteiger partial charge < -0.3 is 5.32 Å². The second kappa shape index (κ2) is 7.54. The van der Waals surface area contributed by atoms with E-state index < -0.39 is 0 Å². The lowest BCUT2D eigenvalue weighted by molar-refractivity contribution is 0.102. The highest BCUT2D eigenvalue weighted by molar-refractivity contribution is 6.12. The number of rotatable bonds is 4. The van der Waals surface area contributed by atoms with Crippen LogP contribution < -0.4 is 5.32 Å². The number of benzene rings is 1. The zero-order valence-electron chi connectivity index (χ0n) is 17.2. The summed E-state index contributed by atoms with van der Waals surface area (Å²) in [6.45, 7) is 5.64. The maximum atomic E-state index is 13.2. The minimum absolute atomic E-state index is 0.137. The number of allylic oxidation sites excluding steroid dienone is 2. The topological polar surface area (TPSA) is 73.9 Å². The van der Waals surface area contributed by atoms with Gasteiger partial charge in [-0.3, -0.25) is 14.8 Å². The number of pyridine rings is 1. The first-order chi connectivity index (χ1) is 14.6. The molecule has 6 heteroatoms. The molecule has 1 fully saturated rings. The van der Waals surface area contributed by atoms with Crippen molar-refractivity contribution in [1.82, 2.24) is 20.1 Å². The van der Waals surface area contributed by atoms with Crippen LogP contribution in [0.5, 0.6) is 0 Å². The van der Waals surface area contributed by atoms with E-state index in [1.165, 1.54) is 6.42 Å². The van der Waals surface area contributed by atoms with E-state index in [2.05, 4.69) is 55.8 Å². The maximum Gasteiger partial charge on any atom is 0.256 e. The zero-order valence-corrected chi connectivity index (χ0v) is 17.2. The lowest BCUT2D eigenvalue weighted by Gasteiger charge is -2.26. The number of carbonyl (C=O) groups is 1. The number of hydrogen-bond donors (Lipinski definition) is 2. The molecular formula is C24H25N5O. The summed E-state index contributed by atoms with van der Waals surface area (Å²) in [6, 6.07) is 10.3. The van der Waals surface area contributed by atoms with E-state index in [0.717, 1.165) is 41.1 Å². The molecule has 0 bridgehead atoms. The van der Waals surface area contributed by atoms with Crippen molar-refractivity contribution in [3.8, 4) is 0 Å². The van der Waals surface area contributed by atoms with E-state index in [-0.39, 0.29) is 5.91 Å². The van der Waals surface area contributed by atoms with E-state index in [1.807, 2.05) is 38.1 Å². The van der Waals surface area contributed by atoms with E-state index >= 15 is 0 Å². The minimum atomic E-state index is -0.137. The predicted octanol–water partition coefficient (Wildman–Crippen LogP) is 4.14. The van der Waals surface area contributed by atoms with Crippen molar-refractivity contribution in [2.24, 2.45) is 5.92 Å². The Hall–Kier alpha value is -3.25. The van der Waals surface area contributed by atoms with Crippen molar-refractivity contribution in [2.45, 2.75) is 32.9 Å². The number of aryl methyl sites for hydroxylation is 2. The Morgan fingerprint density at radius 3 is 2.97 bits per heavy atom. The molecule has 0 spiro atoms. The van der Waals surface area contributed by atoms with Gasteiger partial charge in [0, 0.05) is 24.0 Å². The Labute approximate surface area is 175 Å². The third kappa shape index (κ3) is 3.33. The van der Waals surface area contributed by atoms with Gasteiger partial charge in [-0.15, -0.1) is 0 Å². The van der Waals surface area contributed by atoms with Crippen LogP contribution >= 0.6 is 0 Å². The molecule has 30 heavy (non-hydrogen) atoms. The van der Waals surface area contributed by atoms with Gasteiger partial charge in [-0.1, -0.05) is 42.5 Å². The van der Waals surface area contributed by atoms with Crippen LogP contribution in [-0.4, -0.2) is 38.6 Å². The SMILES string of the molecule is Cc1cc(C(=O)Nc2ccccc2CN2CCC3C=CC=CC32)c2c(C)n[nH]c2n1. The smallest absolute Gasteiger partial charge is 0.256 e. The maximum absolute atomic E-state index is 13.2. The van der Waals surface area contributed by atoms with Crippen molar-refractivity contribution in [3.05, 3.63) is 77.2 Å². The fourth-order valence-electron chi connectivity index (χ4n) is 4.63. The Balaban J connectivity index is 1.41. The first kappa shape index (κ1) is 18.8. The third-order valence-electron chi connectivity index (χ3n) is 6.11. The van der Waals surface area contributed by atoms with E-state index in [4.69, 9.17) is 0 Å². The molecule has 2 aromatic heterocycles. The van der Waals surface area contributed by atoms with E-state index in [9.17, 15) is 4.79 Å². The quantitative estimate of drug-likeness (QED) is 0.691. The molecule has 1 aromatic carbocycles. The number of nitrogens with zero attached hydrogens (tertiary/aromatic N) is 3. The predicted molar refractivity (Wildman–Crippen MR) is 118 cm³/mol. The summed E-state index contributed by atoms with van der Waals surface area (Å²) in [5.74, 6) is 0.455. The van der Waals surface area contributed by atoms with Gasteiger partial charge in [0.1, 0.15) is 0 Å². The Morgan fingerprint density at radius 1 is 1.23 bits per heavy atom. The molecule has 6 nitrogen and oxygen atoms in total. The average Bonchev–Trinajstić information content (AvgIpc) is 3.32. The van der Waals surface area contributed by atoms with Crippen molar-refractivity contribution in [1.29, 1.82) is 0 Å². The van der Waals surface area contributed by atoms with Crippen molar-refractivity contribution >= 4 is 22.6 Å². The number of anilines is 1. The molecule has 0 saturated carbocycles. The summed E-state index contributed by atoms with van der Waals surface area (Å²) in [5.41, 5.74) is 4.78. The van der Waals surface area contributed by atoms with Gasteiger partial charge in [0.2, 0.25) is 0 Å². The highest BCUT2D eigenvalue weighted by atomic mass is 16.1. The average molecular weight is 399 g/mol.